The molecule has 3 aromatic rings. The third kappa shape index (κ3) is 4.34. The Balaban J connectivity index is 1.64. The highest BCUT2D eigenvalue weighted by molar-refractivity contribution is 7.71. The molecule has 0 amide bonds. The van der Waals surface area contributed by atoms with E-state index in [0.717, 1.165) is 16.3 Å². The van der Waals surface area contributed by atoms with Gasteiger partial charge in [-0.2, -0.15) is 0 Å². The Labute approximate surface area is 148 Å². The molecule has 0 saturated heterocycles. The van der Waals surface area contributed by atoms with E-state index in [1.807, 2.05) is 24.3 Å². The smallest absolute Gasteiger partial charge is 0.288 e. The molecule has 5 nitrogen and oxygen atoms in total. The summed E-state index contributed by atoms with van der Waals surface area (Å²) in [5, 5.41) is 7.43. The maximum Gasteiger partial charge on any atom is 0.288 e. The van der Waals surface area contributed by atoms with Crippen molar-refractivity contribution in [1.82, 2.24) is 19.7 Å². The Bertz CT molecular complexity index is 869. The van der Waals surface area contributed by atoms with E-state index in [1.165, 1.54) is 12.1 Å². The quantitative estimate of drug-likeness (QED) is 0.623. The summed E-state index contributed by atoms with van der Waals surface area (Å²) in [5.74, 6) is 0.322. The first-order valence-electron chi connectivity index (χ1n) is 7.40. The highest BCUT2D eigenvalue weighted by Crippen LogP contribution is 2.13. The molecule has 0 bridgehead atoms. The van der Waals surface area contributed by atoms with Crippen LogP contribution >= 0.6 is 23.6 Å². The molecular weight excluding hydrogens is 347 g/mol. The maximum absolute atomic E-state index is 12.9. The largest absolute Gasteiger partial charge is 0.414 e. The molecule has 24 heavy (non-hydrogen) atoms. The van der Waals surface area contributed by atoms with Gasteiger partial charge in [-0.05, 0) is 43.9 Å². The lowest BCUT2D eigenvalue weighted by molar-refractivity contribution is 0.240. The summed E-state index contributed by atoms with van der Waals surface area (Å²) < 4.78 is 20.1. The van der Waals surface area contributed by atoms with Crippen LogP contribution in [0.25, 0.3) is 0 Å². The number of hydrogen-bond acceptors (Lipinski definition) is 6. The standard InChI is InChI=1S/C16H17FN4OS2/c1-11-18-14(9-24-11)7-15-19-21(16(23)22-15)10-20(2)8-12-3-5-13(17)6-4-12/h3-6,9H,7-8,10H2,1-2H3. The van der Waals surface area contributed by atoms with Crippen molar-refractivity contribution in [2.45, 2.75) is 26.6 Å². The number of rotatable bonds is 6. The molecule has 0 radical (unpaired) electrons. The van der Waals surface area contributed by atoms with Crippen LogP contribution in [0.1, 0.15) is 22.2 Å². The van der Waals surface area contributed by atoms with Crippen molar-refractivity contribution in [3.05, 3.63) is 62.5 Å². The molecular formula is C16H17FN4OS2. The first-order valence-corrected chi connectivity index (χ1v) is 8.69. The predicted molar refractivity (Wildman–Crippen MR) is 92.9 cm³/mol. The molecule has 3 rings (SSSR count). The summed E-state index contributed by atoms with van der Waals surface area (Å²) in [6.07, 6.45) is 0.530. The average molecular weight is 364 g/mol. The Kier molecular flexibility index (Phi) is 5.17. The summed E-state index contributed by atoms with van der Waals surface area (Å²) in [6.45, 7) is 3.12. The van der Waals surface area contributed by atoms with E-state index < -0.39 is 0 Å². The fourth-order valence-electron chi connectivity index (χ4n) is 2.33. The number of aromatic nitrogens is 3. The van der Waals surface area contributed by atoms with Gasteiger partial charge in [0, 0.05) is 11.9 Å². The molecule has 2 aromatic heterocycles. The summed E-state index contributed by atoms with van der Waals surface area (Å²) in [6, 6.07) is 6.45. The van der Waals surface area contributed by atoms with Crippen molar-refractivity contribution in [2.75, 3.05) is 7.05 Å². The number of aryl methyl sites for hydroxylation is 1. The van der Waals surface area contributed by atoms with Gasteiger partial charge in [-0.25, -0.2) is 14.1 Å². The van der Waals surface area contributed by atoms with Crippen LogP contribution in [-0.2, 0) is 19.6 Å². The van der Waals surface area contributed by atoms with Crippen molar-refractivity contribution >= 4 is 23.6 Å². The van der Waals surface area contributed by atoms with E-state index in [0.29, 0.717) is 30.4 Å². The van der Waals surface area contributed by atoms with E-state index in [4.69, 9.17) is 16.6 Å². The molecule has 0 fully saturated rings. The third-order valence-electron chi connectivity index (χ3n) is 3.39. The highest BCUT2D eigenvalue weighted by atomic mass is 32.1. The lowest BCUT2D eigenvalue weighted by Gasteiger charge is -2.15. The van der Waals surface area contributed by atoms with Gasteiger partial charge in [-0.15, -0.1) is 16.4 Å². The average Bonchev–Trinajstić information content (AvgIpc) is 3.08. The van der Waals surface area contributed by atoms with Crippen molar-refractivity contribution < 1.29 is 8.81 Å². The van der Waals surface area contributed by atoms with Gasteiger partial charge in [0.1, 0.15) is 5.82 Å². The number of thiazole rings is 1. The van der Waals surface area contributed by atoms with Gasteiger partial charge >= 0.3 is 0 Å². The van der Waals surface area contributed by atoms with Gasteiger partial charge < -0.3 is 4.42 Å². The topological polar surface area (TPSA) is 47.1 Å². The van der Waals surface area contributed by atoms with Crippen LogP contribution in [0.3, 0.4) is 0 Å². The van der Waals surface area contributed by atoms with Crippen LogP contribution in [0, 0.1) is 17.6 Å². The van der Waals surface area contributed by atoms with E-state index in [2.05, 4.69) is 10.1 Å². The van der Waals surface area contributed by atoms with Crippen molar-refractivity contribution in [2.24, 2.45) is 0 Å². The van der Waals surface area contributed by atoms with E-state index in [9.17, 15) is 4.39 Å². The SMILES string of the molecule is Cc1nc(Cc2nn(CN(C)Cc3ccc(F)cc3)c(=S)o2)cs1. The summed E-state index contributed by atoms with van der Waals surface area (Å²) >= 11 is 6.83. The Morgan fingerprint density at radius 2 is 2.08 bits per heavy atom. The third-order valence-corrected chi connectivity index (χ3v) is 4.50. The normalized spacial score (nSPS) is 11.3. The Morgan fingerprint density at radius 3 is 2.75 bits per heavy atom. The van der Waals surface area contributed by atoms with Crippen LogP contribution in [0.4, 0.5) is 4.39 Å². The molecule has 1 aromatic carbocycles. The first kappa shape index (κ1) is 16.9. The second-order valence-corrected chi connectivity index (χ2v) is 6.99. The molecule has 8 heteroatoms. The maximum atomic E-state index is 12.9. The first-order chi connectivity index (χ1) is 11.5. The second kappa shape index (κ2) is 7.33. The summed E-state index contributed by atoms with van der Waals surface area (Å²) in [7, 11) is 1.95. The Morgan fingerprint density at radius 1 is 1.33 bits per heavy atom. The molecule has 0 atom stereocenters. The van der Waals surface area contributed by atoms with Gasteiger partial charge in [0.25, 0.3) is 4.84 Å². The van der Waals surface area contributed by atoms with E-state index in [-0.39, 0.29) is 5.82 Å². The summed E-state index contributed by atoms with van der Waals surface area (Å²) in [5.41, 5.74) is 1.95. The molecule has 2 heterocycles. The molecule has 0 unspecified atom stereocenters. The zero-order valence-corrected chi connectivity index (χ0v) is 15.0. The van der Waals surface area contributed by atoms with Gasteiger partial charge in [0.2, 0.25) is 5.89 Å². The minimum absolute atomic E-state index is 0.234. The molecule has 0 spiro atoms. The minimum atomic E-state index is -0.234. The van der Waals surface area contributed by atoms with Crippen LogP contribution in [0.2, 0.25) is 0 Å². The lowest BCUT2D eigenvalue weighted by atomic mass is 10.2. The minimum Gasteiger partial charge on any atom is -0.414 e. The zero-order valence-electron chi connectivity index (χ0n) is 13.4. The van der Waals surface area contributed by atoms with Crippen molar-refractivity contribution in [3.63, 3.8) is 0 Å². The molecule has 126 valence electrons. The monoisotopic (exact) mass is 364 g/mol. The van der Waals surface area contributed by atoms with Crippen LogP contribution in [0.5, 0.6) is 0 Å². The van der Waals surface area contributed by atoms with Crippen molar-refractivity contribution in [3.8, 4) is 0 Å². The van der Waals surface area contributed by atoms with Crippen LogP contribution < -0.4 is 0 Å². The van der Waals surface area contributed by atoms with E-state index >= 15 is 0 Å². The summed E-state index contributed by atoms with van der Waals surface area (Å²) in [4.78, 5) is 6.77. The molecule has 0 saturated carbocycles. The number of nitrogens with zero attached hydrogens (tertiary/aromatic N) is 4. The van der Waals surface area contributed by atoms with Crippen LogP contribution in [-0.4, -0.2) is 26.7 Å². The number of benzene rings is 1. The number of halogens is 1. The fourth-order valence-corrected chi connectivity index (χ4v) is 3.14. The lowest BCUT2D eigenvalue weighted by Crippen LogP contribution is -2.22. The van der Waals surface area contributed by atoms with E-state index in [1.54, 1.807) is 28.2 Å². The molecule has 0 N–H and O–H groups in total. The molecule has 0 aliphatic rings. The van der Waals surface area contributed by atoms with Gasteiger partial charge in [0.05, 0.1) is 23.8 Å². The number of hydrogen-bond donors (Lipinski definition) is 0. The Hall–Kier alpha value is -1.90. The highest BCUT2D eigenvalue weighted by Gasteiger charge is 2.10. The fraction of sp³-hybridized carbons (Fsp3) is 0.312. The van der Waals surface area contributed by atoms with Gasteiger partial charge in [-0.1, -0.05) is 12.1 Å². The second-order valence-electron chi connectivity index (χ2n) is 5.58. The molecule has 0 aliphatic carbocycles. The zero-order chi connectivity index (χ0) is 17.1. The van der Waals surface area contributed by atoms with Crippen molar-refractivity contribution in [1.29, 1.82) is 0 Å². The van der Waals surface area contributed by atoms with Crippen LogP contribution in [0.15, 0.2) is 34.1 Å². The van der Waals surface area contributed by atoms with Gasteiger partial charge in [-0.3, -0.25) is 4.90 Å². The van der Waals surface area contributed by atoms with Gasteiger partial charge in [0.15, 0.2) is 0 Å². The molecule has 0 aliphatic heterocycles. The predicted octanol–water partition coefficient (Wildman–Crippen LogP) is 3.79.